The van der Waals surface area contributed by atoms with Gasteiger partial charge in [0.05, 0.1) is 0 Å². The Balaban J connectivity index is 2.08. The number of nitrogens with two attached hydrogens (primary N) is 2. The molecule has 2 atom stereocenters. The Labute approximate surface area is 168 Å². The minimum Gasteiger partial charge on any atom is -0.351 e. The summed E-state index contributed by atoms with van der Waals surface area (Å²) in [6.45, 7) is 2.33. The fourth-order valence-corrected chi connectivity index (χ4v) is 2.65. The Morgan fingerprint density at radius 1 is 0.931 bits per heavy atom. The van der Waals surface area contributed by atoms with Crippen LogP contribution in [-0.4, -0.2) is 48.1 Å². The maximum Gasteiger partial charge on any atom is 0.267 e. The van der Waals surface area contributed by atoms with Crippen molar-refractivity contribution < 1.29 is 19.6 Å². The molecule has 0 bridgehead atoms. The van der Waals surface area contributed by atoms with E-state index in [0.29, 0.717) is 24.2 Å². The smallest absolute Gasteiger partial charge is 0.267 e. The van der Waals surface area contributed by atoms with Gasteiger partial charge in [0, 0.05) is 30.3 Å². The lowest BCUT2D eigenvalue weighted by Crippen LogP contribution is -2.54. The van der Waals surface area contributed by atoms with Crippen LogP contribution in [0.4, 0.5) is 0 Å². The Morgan fingerprint density at radius 3 is 1.83 bits per heavy atom. The zero-order chi connectivity index (χ0) is 21.4. The van der Waals surface area contributed by atoms with E-state index in [-0.39, 0.29) is 5.91 Å². The molecule has 0 radical (unpaired) electrons. The van der Waals surface area contributed by atoms with Crippen LogP contribution < -0.4 is 27.6 Å². The molecule has 8 N–H and O–H groups in total. The summed E-state index contributed by atoms with van der Waals surface area (Å²) in [5, 5.41) is 14.0. The molecule has 0 aromatic heterocycles. The highest BCUT2D eigenvalue weighted by Gasteiger charge is 2.24. The van der Waals surface area contributed by atoms with E-state index in [9.17, 15) is 14.4 Å². The van der Waals surface area contributed by atoms with Crippen molar-refractivity contribution in [3.05, 3.63) is 59.7 Å². The molecule has 9 heteroatoms. The van der Waals surface area contributed by atoms with Gasteiger partial charge in [-0.3, -0.25) is 19.6 Å². The third-order valence-corrected chi connectivity index (χ3v) is 4.26. The van der Waals surface area contributed by atoms with Crippen molar-refractivity contribution in [3.8, 4) is 11.1 Å². The molecular formula is C20H25N5O4. The molecule has 0 aliphatic heterocycles. The molecule has 29 heavy (non-hydrogen) atoms. The van der Waals surface area contributed by atoms with Crippen molar-refractivity contribution in [2.24, 2.45) is 11.5 Å². The van der Waals surface area contributed by atoms with E-state index in [4.69, 9.17) is 16.7 Å². The van der Waals surface area contributed by atoms with Gasteiger partial charge in [0.1, 0.15) is 6.04 Å². The lowest BCUT2D eigenvalue weighted by atomic mass is 10.0. The Bertz CT molecular complexity index is 850. The van der Waals surface area contributed by atoms with Crippen LogP contribution in [0, 0.1) is 0 Å². The van der Waals surface area contributed by atoms with Gasteiger partial charge in [-0.05, 0) is 42.3 Å². The summed E-state index contributed by atoms with van der Waals surface area (Å²) in [6.07, 6.45) is 0. The average molecular weight is 399 g/mol. The fraction of sp³-hybridized carbons (Fsp3) is 0.250. The normalized spacial score (nSPS) is 12.6. The first-order chi connectivity index (χ1) is 13.9. The van der Waals surface area contributed by atoms with E-state index in [2.05, 4.69) is 10.6 Å². The predicted molar refractivity (Wildman–Crippen MR) is 108 cm³/mol. The van der Waals surface area contributed by atoms with Gasteiger partial charge in [-0.2, -0.15) is 0 Å². The molecule has 0 saturated carbocycles. The number of carbonyl (C=O) groups is 3. The molecule has 154 valence electrons. The van der Waals surface area contributed by atoms with Gasteiger partial charge in [-0.25, -0.2) is 5.48 Å². The van der Waals surface area contributed by atoms with E-state index in [1.807, 2.05) is 12.1 Å². The Kier molecular flexibility index (Phi) is 7.84. The fourth-order valence-electron chi connectivity index (χ4n) is 2.65. The van der Waals surface area contributed by atoms with E-state index in [1.54, 1.807) is 43.3 Å². The highest BCUT2D eigenvalue weighted by Crippen LogP contribution is 2.20. The van der Waals surface area contributed by atoms with E-state index < -0.39 is 23.9 Å². The highest BCUT2D eigenvalue weighted by atomic mass is 16.5. The van der Waals surface area contributed by atoms with Crippen molar-refractivity contribution in [3.63, 3.8) is 0 Å². The molecule has 9 nitrogen and oxygen atoms in total. The van der Waals surface area contributed by atoms with Crippen LogP contribution in [0.2, 0.25) is 0 Å². The number of rotatable bonds is 8. The molecule has 0 unspecified atom stereocenters. The van der Waals surface area contributed by atoms with Crippen molar-refractivity contribution >= 4 is 17.7 Å². The Morgan fingerprint density at radius 2 is 1.41 bits per heavy atom. The molecule has 0 heterocycles. The predicted octanol–water partition coefficient (Wildman–Crippen LogP) is -0.00690. The summed E-state index contributed by atoms with van der Waals surface area (Å²) in [7, 11) is 0. The number of hydroxylamine groups is 1. The van der Waals surface area contributed by atoms with Gasteiger partial charge in [0.2, 0.25) is 0 Å². The quantitative estimate of drug-likeness (QED) is 0.270. The average Bonchev–Trinajstić information content (AvgIpc) is 2.75. The Hall–Kier alpha value is -3.27. The molecule has 3 amide bonds. The zero-order valence-corrected chi connectivity index (χ0v) is 16.0. The second kappa shape index (κ2) is 10.3. The zero-order valence-electron chi connectivity index (χ0n) is 16.0. The minimum atomic E-state index is -1.06. The third-order valence-electron chi connectivity index (χ3n) is 4.26. The monoisotopic (exact) mass is 399 g/mol. The summed E-state index contributed by atoms with van der Waals surface area (Å²) in [4.78, 5) is 35.9. The first-order valence-corrected chi connectivity index (χ1v) is 9.06. The van der Waals surface area contributed by atoms with Crippen LogP contribution in [0.15, 0.2) is 48.5 Å². The van der Waals surface area contributed by atoms with Crippen LogP contribution in [0.5, 0.6) is 0 Å². The van der Waals surface area contributed by atoms with Gasteiger partial charge in [-0.1, -0.05) is 24.3 Å². The third kappa shape index (κ3) is 5.85. The van der Waals surface area contributed by atoms with Crippen LogP contribution in [-0.2, 0) is 4.79 Å². The summed E-state index contributed by atoms with van der Waals surface area (Å²) < 4.78 is 0. The van der Waals surface area contributed by atoms with Crippen LogP contribution in [0.1, 0.15) is 27.6 Å². The molecule has 0 saturated heterocycles. The van der Waals surface area contributed by atoms with E-state index in [1.165, 1.54) is 5.48 Å². The van der Waals surface area contributed by atoms with Crippen LogP contribution in [0.25, 0.3) is 11.1 Å². The summed E-state index contributed by atoms with van der Waals surface area (Å²) >= 11 is 0. The lowest BCUT2D eigenvalue weighted by molar-refractivity contribution is -0.131. The van der Waals surface area contributed by atoms with E-state index in [0.717, 1.165) is 11.1 Å². The number of benzene rings is 2. The van der Waals surface area contributed by atoms with Gasteiger partial charge >= 0.3 is 0 Å². The summed E-state index contributed by atoms with van der Waals surface area (Å²) in [5.41, 5.74) is 15.1. The molecule has 2 rings (SSSR count). The second-order valence-corrected chi connectivity index (χ2v) is 6.49. The maximum atomic E-state index is 12.4. The number of hydrogen-bond donors (Lipinski definition) is 6. The highest BCUT2D eigenvalue weighted by molar-refractivity contribution is 5.98. The number of hydrogen-bond acceptors (Lipinski definition) is 6. The largest absolute Gasteiger partial charge is 0.351 e. The minimum absolute atomic E-state index is 0.190. The maximum absolute atomic E-state index is 12.4. The molecule has 0 aliphatic rings. The summed E-state index contributed by atoms with van der Waals surface area (Å²) in [5.74, 6) is -1.47. The first kappa shape index (κ1) is 22.0. The van der Waals surface area contributed by atoms with Crippen LogP contribution >= 0.6 is 0 Å². The van der Waals surface area contributed by atoms with Gasteiger partial charge in [-0.15, -0.1) is 0 Å². The van der Waals surface area contributed by atoms with Crippen LogP contribution in [0.3, 0.4) is 0 Å². The second-order valence-electron chi connectivity index (χ2n) is 6.49. The molecular weight excluding hydrogens is 374 g/mol. The van der Waals surface area contributed by atoms with Crippen molar-refractivity contribution in [1.82, 2.24) is 16.1 Å². The topological polar surface area (TPSA) is 160 Å². The molecule has 0 fully saturated rings. The van der Waals surface area contributed by atoms with Gasteiger partial charge < -0.3 is 22.1 Å². The standard InChI is InChI=1S/C20H25N5O4/c1-12(22)17(20(28)25-29)24-19(27)16-8-4-14(5-9-16)13-2-6-15(7-3-13)18(26)23-11-10-21/h2-9,12,17,29H,10-11,21-22H2,1H3,(H,23,26)(H,24,27)(H,25,28)/t12-,17+/m1/s1. The SMILES string of the molecule is C[C@@H](N)[C@H](NC(=O)c1ccc(-c2ccc(C(=O)NCCN)cc2)cc1)C(=O)NO. The molecule has 2 aromatic carbocycles. The first-order valence-electron chi connectivity index (χ1n) is 9.06. The molecule has 2 aromatic rings. The number of amides is 3. The molecule has 0 aliphatic carbocycles. The number of nitrogens with one attached hydrogen (secondary N) is 3. The van der Waals surface area contributed by atoms with Crippen molar-refractivity contribution in [2.45, 2.75) is 19.0 Å². The summed E-state index contributed by atoms with van der Waals surface area (Å²) in [6, 6.07) is 12.0. The molecule has 0 spiro atoms. The van der Waals surface area contributed by atoms with Crippen molar-refractivity contribution in [1.29, 1.82) is 0 Å². The van der Waals surface area contributed by atoms with Gasteiger partial charge in [0.25, 0.3) is 17.7 Å². The van der Waals surface area contributed by atoms with Crippen molar-refractivity contribution in [2.75, 3.05) is 13.1 Å². The number of carbonyl (C=O) groups excluding carboxylic acids is 3. The van der Waals surface area contributed by atoms with E-state index >= 15 is 0 Å². The lowest BCUT2D eigenvalue weighted by Gasteiger charge is -2.20. The van der Waals surface area contributed by atoms with Gasteiger partial charge in [0.15, 0.2) is 0 Å².